The fourth-order valence-electron chi connectivity index (χ4n) is 2.11. The molecule has 1 aliphatic rings. The Labute approximate surface area is 132 Å². The first-order valence-corrected chi connectivity index (χ1v) is 7.59. The van der Waals surface area contributed by atoms with Gasteiger partial charge in [0, 0.05) is 6.54 Å². The summed E-state index contributed by atoms with van der Waals surface area (Å²) in [5.41, 5.74) is 5.17. The number of benzene rings is 2. The lowest BCUT2D eigenvalue weighted by Gasteiger charge is -2.20. The van der Waals surface area contributed by atoms with Gasteiger partial charge in [0.1, 0.15) is 13.2 Å². The molecule has 5 heteroatoms. The van der Waals surface area contributed by atoms with Crippen LogP contribution in [0.3, 0.4) is 0 Å². The zero-order valence-corrected chi connectivity index (χ0v) is 13.1. The van der Waals surface area contributed by atoms with E-state index in [0.717, 1.165) is 27.1 Å². The van der Waals surface area contributed by atoms with Crippen molar-refractivity contribution in [2.45, 2.75) is 13.2 Å². The fraction of sp³-hybridized carbons (Fsp3) is 0.250. The second-order valence-corrected chi connectivity index (χ2v) is 5.55. The number of hydrogen-bond donors (Lipinski definition) is 1. The van der Waals surface area contributed by atoms with E-state index in [9.17, 15) is 0 Å². The quantitative estimate of drug-likeness (QED) is 0.662. The number of halogens is 1. The van der Waals surface area contributed by atoms with Gasteiger partial charge in [-0.1, -0.05) is 30.3 Å². The average molecular weight is 350 g/mol. The fourth-order valence-corrected chi connectivity index (χ4v) is 2.71. The minimum absolute atomic E-state index is 0.534. The molecule has 0 aliphatic carbocycles. The number of rotatable bonds is 5. The minimum atomic E-state index is 0.534. The third-order valence-corrected chi connectivity index (χ3v) is 3.71. The normalized spacial score (nSPS) is 13.2. The highest BCUT2D eigenvalue weighted by Gasteiger charge is 2.16. The molecule has 3 rings (SSSR count). The van der Waals surface area contributed by atoms with Gasteiger partial charge in [0.05, 0.1) is 11.1 Å². The maximum absolute atomic E-state index is 5.60. The highest BCUT2D eigenvalue weighted by atomic mass is 79.9. The van der Waals surface area contributed by atoms with Crippen molar-refractivity contribution in [1.82, 2.24) is 5.48 Å². The minimum Gasteiger partial charge on any atom is -0.486 e. The lowest BCUT2D eigenvalue weighted by atomic mass is 10.2. The van der Waals surface area contributed by atoms with E-state index in [2.05, 4.69) is 21.4 Å². The van der Waals surface area contributed by atoms with E-state index in [-0.39, 0.29) is 0 Å². The third-order valence-electron chi connectivity index (χ3n) is 3.12. The Kier molecular flexibility index (Phi) is 4.75. The zero-order chi connectivity index (χ0) is 14.5. The molecule has 0 radical (unpaired) electrons. The molecule has 21 heavy (non-hydrogen) atoms. The summed E-state index contributed by atoms with van der Waals surface area (Å²) in [5.74, 6) is 1.55. The number of hydroxylamine groups is 1. The molecule has 0 fully saturated rings. The van der Waals surface area contributed by atoms with E-state index in [1.807, 2.05) is 42.5 Å². The zero-order valence-electron chi connectivity index (χ0n) is 11.5. The molecule has 110 valence electrons. The van der Waals surface area contributed by atoms with Crippen LogP contribution in [0.15, 0.2) is 46.9 Å². The number of fused-ring (bicyclic) bond motifs is 1. The Hall–Kier alpha value is -1.56. The van der Waals surface area contributed by atoms with Gasteiger partial charge in [-0.3, -0.25) is 4.84 Å². The molecule has 0 spiro atoms. The highest BCUT2D eigenvalue weighted by molar-refractivity contribution is 9.10. The number of hydrogen-bond acceptors (Lipinski definition) is 4. The van der Waals surface area contributed by atoms with Crippen molar-refractivity contribution < 1.29 is 14.3 Å². The Morgan fingerprint density at radius 3 is 2.71 bits per heavy atom. The van der Waals surface area contributed by atoms with Gasteiger partial charge in [0.25, 0.3) is 0 Å². The van der Waals surface area contributed by atoms with Crippen molar-refractivity contribution in [3.63, 3.8) is 0 Å². The Bertz CT molecular complexity index is 604. The highest BCUT2D eigenvalue weighted by Crippen LogP contribution is 2.38. The molecule has 0 amide bonds. The monoisotopic (exact) mass is 349 g/mol. The molecule has 2 aromatic rings. The molecule has 4 nitrogen and oxygen atoms in total. The van der Waals surface area contributed by atoms with Crippen LogP contribution < -0.4 is 15.0 Å². The summed E-state index contributed by atoms with van der Waals surface area (Å²) in [7, 11) is 0. The van der Waals surface area contributed by atoms with Gasteiger partial charge in [0.2, 0.25) is 0 Å². The number of ether oxygens (including phenoxy) is 2. The maximum Gasteiger partial charge on any atom is 0.175 e. The van der Waals surface area contributed by atoms with E-state index in [1.54, 1.807) is 0 Å². The second kappa shape index (κ2) is 6.93. The van der Waals surface area contributed by atoms with Gasteiger partial charge in [-0.25, -0.2) is 0 Å². The molecule has 0 aromatic heterocycles. The summed E-state index contributed by atoms with van der Waals surface area (Å²) in [6.07, 6.45) is 0. The van der Waals surface area contributed by atoms with E-state index in [4.69, 9.17) is 14.3 Å². The van der Waals surface area contributed by atoms with Gasteiger partial charge in [-0.15, -0.1) is 0 Å². The van der Waals surface area contributed by atoms with Gasteiger partial charge >= 0.3 is 0 Å². The molecule has 0 saturated heterocycles. The first kappa shape index (κ1) is 14.4. The van der Waals surface area contributed by atoms with Crippen LogP contribution in [0.1, 0.15) is 11.1 Å². The molecule has 0 atom stereocenters. The van der Waals surface area contributed by atoms with E-state index in [1.165, 1.54) is 0 Å². The molecule has 1 N–H and O–H groups in total. The van der Waals surface area contributed by atoms with Gasteiger partial charge in [-0.2, -0.15) is 5.48 Å². The predicted molar refractivity (Wildman–Crippen MR) is 83.2 cm³/mol. The van der Waals surface area contributed by atoms with Crippen molar-refractivity contribution in [2.24, 2.45) is 0 Å². The Morgan fingerprint density at radius 2 is 1.86 bits per heavy atom. The standard InChI is InChI=1S/C16H16BrNO3/c17-14-8-13(9-15-16(14)20-7-6-19-15)10-18-21-11-12-4-2-1-3-5-12/h1-5,8-9,18H,6-7,10-11H2. The first-order chi connectivity index (χ1) is 10.3. The van der Waals surface area contributed by atoms with Gasteiger partial charge < -0.3 is 9.47 Å². The van der Waals surface area contributed by atoms with Crippen molar-refractivity contribution in [1.29, 1.82) is 0 Å². The van der Waals surface area contributed by atoms with Crippen LogP contribution in [0.4, 0.5) is 0 Å². The van der Waals surface area contributed by atoms with Crippen molar-refractivity contribution in [3.8, 4) is 11.5 Å². The third kappa shape index (κ3) is 3.75. The summed E-state index contributed by atoms with van der Waals surface area (Å²) < 4.78 is 12.1. The topological polar surface area (TPSA) is 39.7 Å². The summed E-state index contributed by atoms with van der Waals surface area (Å²) in [4.78, 5) is 5.47. The lowest BCUT2D eigenvalue weighted by molar-refractivity contribution is 0.0234. The van der Waals surface area contributed by atoms with Crippen LogP contribution >= 0.6 is 15.9 Å². The second-order valence-electron chi connectivity index (χ2n) is 4.70. The van der Waals surface area contributed by atoms with Gasteiger partial charge in [0.15, 0.2) is 11.5 Å². The Morgan fingerprint density at radius 1 is 1.05 bits per heavy atom. The van der Waals surface area contributed by atoms with E-state index < -0.39 is 0 Å². The maximum atomic E-state index is 5.60. The largest absolute Gasteiger partial charge is 0.486 e. The van der Waals surface area contributed by atoms with Crippen molar-refractivity contribution in [3.05, 3.63) is 58.1 Å². The summed E-state index contributed by atoms with van der Waals surface area (Å²) >= 11 is 3.50. The van der Waals surface area contributed by atoms with Crippen LogP contribution in [0, 0.1) is 0 Å². The number of nitrogens with one attached hydrogen (secondary N) is 1. The molecule has 1 aliphatic heterocycles. The van der Waals surface area contributed by atoms with Crippen LogP contribution in [-0.2, 0) is 18.0 Å². The smallest absolute Gasteiger partial charge is 0.175 e. The first-order valence-electron chi connectivity index (χ1n) is 6.79. The van der Waals surface area contributed by atoms with Crippen LogP contribution in [0.25, 0.3) is 0 Å². The molecular weight excluding hydrogens is 334 g/mol. The van der Waals surface area contributed by atoms with Gasteiger partial charge in [-0.05, 0) is 39.2 Å². The van der Waals surface area contributed by atoms with Crippen LogP contribution in [-0.4, -0.2) is 13.2 Å². The predicted octanol–water partition coefficient (Wildman–Crippen LogP) is 3.44. The van der Waals surface area contributed by atoms with Crippen molar-refractivity contribution in [2.75, 3.05) is 13.2 Å². The molecule has 2 aromatic carbocycles. The summed E-state index contributed by atoms with van der Waals surface area (Å²) in [6, 6.07) is 14.0. The van der Waals surface area contributed by atoms with E-state index >= 15 is 0 Å². The molecular formula is C16H16BrNO3. The molecule has 0 bridgehead atoms. The SMILES string of the molecule is Brc1cc(CNOCc2ccccc2)cc2c1OCCO2. The van der Waals surface area contributed by atoms with Crippen molar-refractivity contribution >= 4 is 15.9 Å². The molecule has 1 heterocycles. The Balaban J connectivity index is 1.55. The lowest BCUT2D eigenvalue weighted by Crippen LogP contribution is -2.17. The average Bonchev–Trinajstić information content (AvgIpc) is 2.53. The summed E-state index contributed by atoms with van der Waals surface area (Å²) in [6.45, 7) is 2.30. The van der Waals surface area contributed by atoms with Crippen LogP contribution in [0.2, 0.25) is 0 Å². The summed E-state index contributed by atoms with van der Waals surface area (Å²) in [5, 5.41) is 0. The van der Waals surface area contributed by atoms with Crippen LogP contribution in [0.5, 0.6) is 11.5 Å². The molecule has 0 unspecified atom stereocenters. The molecule has 0 saturated carbocycles. The van der Waals surface area contributed by atoms with E-state index in [0.29, 0.717) is 26.4 Å².